The van der Waals surface area contributed by atoms with Crippen LogP contribution in [0.3, 0.4) is 0 Å². The minimum absolute atomic E-state index is 0.904. The van der Waals surface area contributed by atoms with Crippen molar-refractivity contribution in [3.05, 3.63) is 47.7 Å². The van der Waals surface area contributed by atoms with Crippen molar-refractivity contribution < 1.29 is 0 Å². The summed E-state index contributed by atoms with van der Waals surface area (Å²) in [4.78, 5) is 4.70. The van der Waals surface area contributed by atoms with E-state index in [2.05, 4.69) is 12.1 Å². The Hall–Kier alpha value is -1.83. The van der Waals surface area contributed by atoms with E-state index in [1.165, 1.54) is 17.7 Å². The highest BCUT2D eigenvalue weighted by Crippen LogP contribution is 2.29. The number of hydrogen-bond donors (Lipinski definition) is 1. The number of nitrogens with zero attached hydrogens (tertiary/aromatic N) is 1. The van der Waals surface area contributed by atoms with Crippen LogP contribution in [0.25, 0.3) is 11.3 Å². The molecule has 0 amide bonds. The Morgan fingerprint density at radius 1 is 1.06 bits per heavy atom. The van der Waals surface area contributed by atoms with Gasteiger partial charge in [0.1, 0.15) is 0 Å². The average Bonchev–Trinajstić information content (AvgIpc) is 2.79. The van der Waals surface area contributed by atoms with Crippen molar-refractivity contribution >= 4 is 5.69 Å². The highest BCUT2D eigenvalue weighted by atomic mass is 14.7. The van der Waals surface area contributed by atoms with Crippen LogP contribution in [0.2, 0.25) is 0 Å². The maximum atomic E-state index is 6.07. The van der Waals surface area contributed by atoms with Crippen LogP contribution >= 0.6 is 0 Å². The van der Waals surface area contributed by atoms with E-state index < -0.39 is 0 Å². The van der Waals surface area contributed by atoms with Crippen LogP contribution < -0.4 is 5.73 Å². The second kappa shape index (κ2) is 3.63. The molecule has 2 heteroatoms. The third-order valence-corrected chi connectivity index (χ3v) is 3.15. The van der Waals surface area contributed by atoms with Gasteiger partial charge in [0.15, 0.2) is 0 Å². The fourth-order valence-electron chi connectivity index (χ4n) is 2.33. The summed E-state index contributed by atoms with van der Waals surface area (Å²) in [6, 6.07) is 12.2. The maximum absolute atomic E-state index is 6.07. The van der Waals surface area contributed by atoms with Gasteiger partial charge in [-0.2, -0.15) is 0 Å². The molecule has 1 aromatic heterocycles. The third-order valence-electron chi connectivity index (χ3n) is 3.15. The zero-order valence-corrected chi connectivity index (χ0v) is 9.11. The normalized spacial score (nSPS) is 13.8. The Kier molecular flexibility index (Phi) is 2.13. The van der Waals surface area contributed by atoms with E-state index in [4.69, 9.17) is 10.7 Å². The number of aryl methyl sites for hydroxylation is 1. The second-order valence-corrected chi connectivity index (χ2v) is 4.24. The van der Waals surface area contributed by atoms with Gasteiger partial charge in [-0.25, -0.2) is 0 Å². The van der Waals surface area contributed by atoms with Crippen LogP contribution in [0, 0.1) is 0 Å². The molecule has 1 heterocycles. The smallest absolute Gasteiger partial charge is 0.0725 e. The molecule has 2 nitrogen and oxygen atoms in total. The fraction of sp³-hybridized carbons (Fsp3) is 0.214. The molecule has 0 bridgehead atoms. The lowest BCUT2D eigenvalue weighted by Crippen LogP contribution is -1.98. The molecule has 2 aromatic rings. The van der Waals surface area contributed by atoms with Crippen LogP contribution in [-0.4, -0.2) is 4.98 Å². The number of nitrogens with two attached hydrogens (primary N) is 1. The number of anilines is 1. The number of fused-ring (bicyclic) bond motifs is 1. The number of hydrogen-bond acceptors (Lipinski definition) is 2. The SMILES string of the molecule is Nc1cc(-c2ccccc2)nc2c1CCC2. The van der Waals surface area contributed by atoms with Gasteiger partial charge in [0.2, 0.25) is 0 Å². The van der Waals surface area contributed by atoms with Crippen LogP contribution in [0.1, 0.15) is 17.7 Å². The van der Waals surface area contributed by atoms with Crippen molar-refractivity contribution in [1.29, 1.82) is 0 Å². The Morgan fingerprint density at radius 3 is 2.69 bits per heavy atom. The minimum Gasteiger partial charge on any atom is -0.398 e. The summed E-state index contributed by atoms with van der Waals surface area (Å²) in [5.41, 5.74) is 11.6. The number of benzene rings is 1. The molecular weight excluding hydrogens is 196 g/mol. The van der Waals surface area contributed by atoms with Crippen LogP contribution in [0.15, 0.2) is 36.4 Å². The molecular formula is C14H14N2. The first-order valence-electron chi connectivity index (χ1n) is 5.68. The summed E-state index contributed by atoms with van der Waals surface area (Å²) >= 11 is 0. The van der Waals surface area contributed by atoms with Crippen molar-refractivity contribution in [3.8, 4) is 11.3 Å². The van der Waals surface area contributed by atoms with Crippen LogP contribution in [0.5, 0.6) is 0 Å². The molecule has 0 atom stereocenters. The first-order chi connectivity index (χ1) is 7.84. The summed E-state index contributed by atoms with van der Waals surface area (Å²) in [7, 11) is 0. The zero-order valence-electron chi connectivity index (χ0n) is 9.11. The molecule has 16 heavy (non-hydrogen) atoms. The summed E-state index contributed by atoms with van der Waals surface area (Å²) in [5, 5.41) is 0. The molecule has 0 aliphatic heterocycles. The standard InChI is InChI=1S/C14H14N2/c15-12-9-14(10-5-2-1-3-6-10)16-13-8-4-7-11(12)13/h1-3,5-6,9H,4,7-8H2,(H2,15,16). The van der Waals surface area contributed by atoms with Crippen molar-refractivity contribution in [2.75, 3.05) is 5.73 Å². The Morgan fingerprint density at radius 2 is 1.88 bits per heavy atom. The largest absolute Gasteiger partial charge is 0.398 e. The first-order valence-corrected chi connectivity index (χ1v) is 5.68. The molecule has 1 aliphatic carbocycles. The lowest BCUT2D eigenvalue weighted by molar-refractivity contribution is 0.900. The summed E-state index contributed by atoms with van der Waals surface area (Å²) in [6.45, 7) is 0. The van der Waals surface area contributed by atoms with Crippen molar-refractivity contribution in [2.24, 2.45) is 0 Å². The van der Waals surface area contributed by atoms with E-state index in [0.29, 0.717) is 0 Å². The van der Waals surface area contributed by atoms with Gasteiger partial charge >= 0.3 is 0 Å². The molecule has 0 saturated heterocycles. The van der Waals surface area contributed by atoms with E-state index in [-0.39, 0.29) is 0 Å². The van der Waals surface area contributed by atoms with Crippen LogP contribution in [0.4, 0.5) is 5.69 Å². The number of nitrogen functional groups attached to an aromatic ring is 1. The van der Waals surface area contributed by atoms with Gasteiger partial charge in [0, 0.05) is 16.9 Å². The molecule has 1 aliphatic rings. The number of rotatable bonds is 1. The van der Waals surface area contributed by atoms with Gasteiger partial charge in [0.25, 0.3) is 0 Å². The van der Waals surface area contributed by atoms with Crippen molar-refractivity contribution in [1.82, 2.24) is 4.98 Å². The quantitative estimate of drug-likeness (QED) is 0.786. The summed E-state index contributed by atoms with van der Waals surface area (Å²) < 4.78 is 0. The minimum atomic E-state index is 0.904. The molecule has 0 radical (unpaired) electrons. The second-order valence-electron chi connectivity index (χ2n) is 4.24. The molecule has 3 rings (SSSR count). The van der Waals surface area contributed by atoms with E-state index >= 15 is 0 Å². The molecule has 1 aromatic carbocycles. The van der Waals surface area contributed by atoms with Gasteiger partial charge in [0.05, 0.1) is 5.69 Å². The highest BCUT2D eigenvalue weighted by Gasteiger charge is 2.16. The maximum Gasteiger partial charge on any atom is 0.0725 e. The van der Waals surface area contributed by atoms with E-state index in [1.54, 1.807) is 0 Å². The van der Waals surface area contributed by atoms with Gasteiger partial charge in [-0.15, -0.1) is 0 Å². The summed E-state index contributed by atoms with van der Waals surface area (Å²) in [5.74, 6) is 0. The van der Waals surface area contributed by atoms with E-state index in [0.717, 1.165) is 29.8 Å². The van der Waals surface area contributed by atoms with Gasteiger partial charge in [-0.3, -0.25) is 4.98 Å². The molecule has 80 valence electrons. The predicted octanol–water partition coefficient (Wildman–Crippen LogP) is 2.82. The summed E-state index contributed by atoms with van der Waals surface area (Å²) in [6.07, 6.45) is 3.34. The fourth-order valence-corrected chi connectivity index (χ4v) is 2.33. The average molecular weight is 210 g/mol. The third kappa shape index (κ3) is 1.47. The van der Waals surface area contributed by atoms with Gasteiger partial charge in [-0.05, 0) is 30.9 Å². The number of aromatic nitrogens is 1. The molecule has 0 saturated carbocycles. The molecule has 0 spiro atoms. The first kappa shape index (κ1) is 9.40. The topological polar surface area (TPSA) is 38.9 Å². The predicted molar refractivity (Wildman–Crippen MR) is 66.1 cm³/mol. The van der Waals surface area contributed by atoms with Gasteiger partial charge < -0.3 is 5.73 Å². The van der Waals surface area contributed by atoms with E-state index in [1.807, 2.05) is 24.3 Å². The monoisotopic (exact) mass is 210 g/mol. The Labute approximate surface area is 95.1 Å². The van der Waals surface area contributed by atoms with E-state index in [9.17, 15) is 0 Å². The molecule has 0 fully saturated rings. The van der Waals surface area contributed by atoms with Crippen molar-refractivity contribution in [2.45, 2.75) is 19.3 Å². The Balaban J connectivity index is 2.13. The zero-order chi connectivity index (χ0) is 11.0. The lowest BCUT2D eigenvalue weighted by atomic mass is 10.1. The van der Waals surface area contributed by atoms with Crippen molar-refractivity contribution in [3.63, 3.8) is 0 Å². The number of pyridine rings is 1. The van der Waals surface area contributed by atoms with Crippen LogP contribution in [-0.2, 0) is 12.8 Å². The lowest BCUT2D eigenvalue weighted by Gasteiger charge is -2.07. The van der Waals surface area contributed by atoms with Gasteiger partial charge in [-0.1, -0.05) is 30.3 Å². The highest BCUT2D eigenvalue weighted by molar-refractivity contribution is 5.66. The Bertz CT molecular complexity index is 518. The molecule has 2 N–H and O–H groups in total. The molecule has 0 unspecified atom stereocenters.